The Morgan fingerprint density at radius 3 is 2.42 bits per heavy atom. The van der Waals surface area contributed by atoms with Crippen LogP contribution < -0.4 is 0 Å². The molecule has 0 aliphatic carbocycles. The number of hydrogen-bond acceptors (Lipinski definition) is 7. The number of halogens is 1. The van der Waals surface area contributed by atoms with Gasteiger partial charge in [0.2, 0.25) is 10.0 Å². The number of aromatic nitrogens is 1. The summed E-state index contributed by atoms with van der Waals surface area (Å²) in [6.45, 7) is 7.70. The summed E-state index contributed by atoms with van der Waals surface area (Å²) < 4.78 is 54.3. The van der Waals surface area contributed by atoms with Crippen molar-refractivity contribution in [2.75, 3.05) is 20.2 Å². The monoisotopic (exact) mass is 544 g/mol. The maximum absolute atomic E-state index is 14.8. The second kappa shape index (κ2) is 10.1. The van der Waals surface area contributed by atoms with Gasteiger partial charge in [0.1, 0.15) is 11.4 Å². The van der Waals surface area contributed by atoms with Gasteiger partial charge in [-0.15, -0.1) is 0 Å². The molecule has 0 spiro atoms. The van der Waals surface area contributed by atoms with Crippen LogP contribution in [0, 0.1) is 5.82 Å². The van der Waals surface area contributed by atoms with Gasteiger partial charge in [-0.25, -0.2) is 21.6 Å². The van der Waals surface area contributed by atoms with Crippen molar-refractivity contribution in [1.82, 2.24) is 8.87 Å². The van der Waals surface area contributed by atoms with Crippen LogP contribution in [0.3, 0.4) is 0 Å². The molecule has 38 heavy (non-hydrogen) atoms. The Balaban J connectivity index is 1.92. The molecule has 204 valence electrons. The molecule has 1 fully saturated rings. The molecule has 0 bridgehead atoms. The Hall–Kier alpha value is -3.24. The Labute approximate surface area is 222 Å². The maximum atomic E-state index is 14.8. The van der Waals surface area contributed by atoms with E-state index in [4.69, 9.17) is 9.47 Å². The van der Waals surface area contributed by atoms with E-state index in [1.165, 1.54) is 7.11 Å². The van der Waals surface area contributed by atoms with E-state index in [0.717, 1.165) is 16.1 Å². The zero-order valence-electron chi connectivity index (χ0n) is 22.3. The molecule has 0 N–H and O–H groups in total. The van der Waals surface area contributed by atoms with Crippen LogP contribution >= 0.6 is 0 Å². The van der Waals surface area contributed by atoms with Crippen LogP contribution in [0.5, 0.6) is 0 Å². The molecule has 1 aliphatic rings. The Morgan fingerprint density at radius 1 is 1.11 bits per heavy atom. The van der Waals surface area contributed by atoms with Gasteiger partial charge in [0, 0.05) is 5.39 Å². The number of carbonyl (C=O) groups excluding carboxylic acids is 2. The lowest BCUT2D eigenvalue weighted by molar-refractivity contribution is -0.157. The minimum absolute atomic E-state index is 0.0432. The van der Waals surface area contributed by atoms with Crippen LogP contribution in [0.4, 0.5) is 4.39 Å². The van der Waals surface area contributed by atoms with Gasteiger partial charge in [0.25, 0.3) is 0 Å². The number of likely N-dealkylation sites (tertiary alicyclic amines) is 1. The predicted octanol–water partition coefficient (Wildman–Crippen LogP) is 4.60. The topological polar surface area (TPSA) is 94.9 Å². The number of ether oxygens (including phenoxy) is 2. The summed E-state index contributed by atoms with van der Waals surface area (Å²) in [5, 5.41) is 0.259. The van der Waals surface area contributed by atoms with E-state index in [0.29, 0.717) is 30.6 Å². The third kappa shape index (κ3) is 5.47. The fourth-order valence-electron chi connectivity index (χ4n) is 5.14. The van der Waals surface area contributed by atoms with Crippen LogP contribution in [0.1, 0.15) is 62.2 Å². The lowest BCUT2D eigenvalue weighted by Crippen LogP contribution is -2.45. The van der Waals surface area contributed by atoms with E-state index in [9.17, 15) is 22.4 Å². The Morgan fingerprint density at radius 2 is 1.79 bits per heavy atom. The van der Waals surface area contributed by atoms with Gasteiger partial charge in [-0.1, -0.05) is 30.3 Å². The Kier molecular flexibility index (Phi) is 7.42. The minimum Gasteiger partial charge on any atom is -0.465 e. The van der Waals surface area contributed by atoms with Crippen LogP contribution in [-0.2, 0) is 35.6 Å². The second-order valence-electron chi connectivity index (χ2n) is 10.8. The van der Waals surface area contributed by atoms with Crippen molar-refractivity contribution in [3.8, 4) is 0 Å². The largest absolute Gasteiger partial charge is 0.465 e. The first-order valence-electron chi connectivity index (χ1n) is 12.4. The highest BCUT2D eigenvalue weighted by atomic mass is 32.2. The molecular formula is C28H33FN2O6S. The van der Waals surface area contributed by atoms with Gasteiger partial charge in [0.05, 0.1) is 41.7 Å². The van der Waals surface area contributed by atoms with Crippen molar-refractivity contribution in [2.45, 2.75) is 57.4 Å². The van der Waals surface area contributed by atoms with Gasteiger partial charge in [-0.05, 0) is 70.8 Å². The molecule has 4 rings (SSSR count). The molecule has 1 aromatic heterocycles. The molecule has 1 saturated heterocycles. The quantitative estimate of drug-likeness (QED) is 0.401. The average Bonchev–Trinajstić information content (AvgIpc) is 3.39. The van der Waals surface area contributed by atoms with Crippen LogP contribution in [-0.4, -0.2) is 55.0 Å². The highest BCUT2D eigenvalue weighted by Crippen LogP contribution is 2.42. The molecule has 10 heteroatoms. The SMILES string of the molecule is COC(=O)c1cc(F)cc2c1cc([C@@]1(C)CCCN1CC(=O)OC(C)(C)C)n2S(=O)(=O)Cc1ccccc1. The normalized spacial score (nSPS) is 18.6. The molecule has 1 atom stereocenters. The smallest absolute Gasteiger partial charge is 0.338 e. The Bertz CT molecular complexity index is 1480. The summed E-state index contributed by atoms with van der Waals surface area (Å²) in [6, 6.07) is 12.5. The van der Waals surface area contributed by atoms with E-state index in [2.05, 4.69) is 0 Å². The van der Waals surface area contributed by atoms with E-state index in [-0.39, 0.29) is 28.8 Å². The van der Waals surface area contributed by atoms with Gasteiger partial charge in [0.15, 0.2) is 0 Å². The lowest BCUT2D eigenvalue weighted by atomic mass is 9.94. The highest BCUT2D eigenvalue weighted by Gasteiger charge is 2.44. The molecule has 0 radical (unpaired) electrons. The number of carbonyl (C=O) groups is 2. The fraction of sp³-hybridized carbons (Fsp3) is 0.429. The number of hydrogen-bond donors (Lipinski definition) is 0. The van der Waals surface area contributed by atoms with E-state index < -0.39 is 38.9 Å². The summed E-state index contributed by atoms with van der Waals surface area (Å²) in [5.74, 6) is -2.31. The van der Waals surface area contributed by atoms with Crippen molar-refractivity contribution < 1.29 is 31.9 Å². The van der Waals surface area contributed by atoms with Gasteiger partial charge < -0.3 is 9.47 Å². The third-order valence-corrected chi connectivity index (χ3v) is 8.45. The number of benzene rings is 2. The van der Waals surface area contributed by atoms with Crippen molar-refractivity contribution in [1.29, 1.82) is 0 Å². The van der Waals surface area contributed by atoms with E-state index >= 15 is 0 Å². The fourth-order valence-corrected chi connectivity index (χ4v) is 6.89. The van der Waals surface area contributed by atoms with Crippen molar-refractivity contribution in [3.63, 3.8) is 0 Å². The first-order chi connectivity index (χ1) is 17.7. The molecule has 0 unspecified atom stereocenters. The number of fused-ring (bicyclic) bond motifs is 1. The van der Waals surface area contributed by atoms with Gasteiger partial charge in [-0.2, -0.15) is 0 Å². The maximum Gasteiger partial charge on any atom is 0.338 e. The average molecular weight is 545 g/mol. The number of esters is 2. The summed E-state index contributed by atoms with van der Waals surface area (Å²) in [5.41, 5.74) is -0.704. The second-order valence-corrected chi connectivity index (χ2v) is 12.6. The summed E-state index contributed by atoms with van der Waals surface area (Å²) in [4.78, 5) is 27.2. The third-order valence-electron chi connectivity index (χ3n) is 6.80. The van der Waals surface area contributed by atoms with Crippen molar-refractivity contribution >= 4 is 32.9 Å². The molecule has 0 amide bonds. The molecule has 2 heterocycles. The zero-order valence-corrected chi connectivity index (χ0v) is 23.1. The summed E-state index contributed by atoms with van der Waals surface area (Å²) in [7, 11) is -2.91. The van der Waals surface area contributed by atoms with E-state index in [1.807, 2.05) is 11.8 Å². The molecule has 1 aliphatic heterocycles. The molecule has 8 nitrogen and oxygen atoms in total. The molecule has 3 aromatic rings. The van der Waals surface area contributed by atoms with Crippen molar-refractivity contribution in [3.05, 3.63) is 71.2 Å². The van der Waals surface area contributed by atoms with Crippen LogP contribution in [0.15, 0.2) is 48.5 Å². The van der Waals surface area contributed by atoms with E-state index in [1.54, 1.807) is 57.2 Å². The van der Waals surface area contributed by atoms with Crippen LogP contribution in [0.25, 0.3) is 10.9 Å². The standard InChI is InChI=1S/C28H33FN2O6S/c1-27(2,3)37-25(32)17-30-13-9-12-28(30,4)24-16-21-22(26(33)36-5)14-20(29)15-23(21)31(24)38(34,35)18-19-10-7-6-8-11-19/h6-8,10-11,14-16H,9,12-13,17-18H2,1-5H3/t28-/m1/s1. The lowest BCUT2D eigenvalue weighted by Gasteiger charge is -2.36. The van der Waals surface area contributed by atoms with Crippen LogP contribution in [0.2, 0.25) is 0 Å². The number of methoxy groups -OCH3 is 1. The zero-order chi connectivity index (χ0) is 27.9. The summed E-state index contributed by atoms with van der Waals surface area (Å²) in [6.07, 6.45) is 1.25. The van der Waals surface area contributed by atoms with Gasteiger partial charge >= 0.3 is 11.9 Å². The summed E-state index contributed by atoms with van der Waals surface area (Å²) >= 11 is 0. The predicted molar refractivity (Wildman–Crippen MR) is 142 cm³/mol. The molecular weight excluding hydrogens is 511 g/mol. The van der Waals surface area contributed by atoms with Gasteiger partial charge in [-0.3, -0.25) is 9.69 Å². The first-order valence-corrected chi connectivity index (χ1v) is 14.0. The number of nitrogens with zero attached hydrogens (tertiary/aromatic N) is 2. The molecule has 2 aromatic carbocycles. The first kappa shape index (κ1) is 27.8. The molecule has 0 saturated carbocycles. The minimum atomic E-state index is -4.09. The number of rotatable bonds is 7. The van der Waals surface area contributed by atoms with Crippen molar-refractivity contribution in [2.24, 2.45) is 0 Å². The highest BCUT2D eigenvalue weighted by molar-refractivity contribution is 7.89.